The van der Waals surface area contributed by atoms with Crippen molar-refractivity contribution < 1.29 is 14.6 Å². The molecule has 0 aliphatic heterocycles. The quantitative estimate of drug-likeness (QED) is 0.866. The van der Waals surface area contributed by atoms with E-state index in [1.165, 1.54) is 0 Å². The fourth-order valence-corrected chi connectivity index (χ4v) is 1.81. The molecule has 0 spiro atoms. The van der Waals surface area contributed by atoms with Gasteiger partial charge in [0, 0.05) is 12.1 Å². The second-order valence-electron chi connectivity index (χ2n) is 4.05. The van der Waals surface area contributed by atoms with E-state index in [2.05, 4.69) is 5.32 Å². The Morgan fingerprint density at radius 3 is 2.58 bits per heavy atom. The van der Waals surface area contributed by atoms with Crippen LogP contribution in [0.1, 0.15) is 5.56 Å². The van der Waals surface area contributed by atoms with Crippen LogP contribution in [0.25, 0.3) is 0 Å². The minimum atomic E-state index is 0.239. The Morgan fingerprint density at radius 1 is 1.05 bits per heavy atom. The van der Waals surface area contributed by atoms with Crippen LogP contribution in [0.15, 0.2) is 42.5 Å². The third-order valence-electron chi connectivity index (χ3n) is 2.86. The van der Waals surface area contributed by atoms with Gasteiger partial charge in [0.15, 0.2) is 0 Å². The van der Waals surface area contributed by atoms with Gasteiger partial charge in [0.05, 0.1) is 19.9 Å². The Morgan fingerprint density at radius 2 is 1.84 bits per heavy atom. The number of phenolic OH excluding ortho intramolecular Hbond substituents is 1. The number of anilines is 1. The summed E-state index contributed by atoms with van der Waals surface area (Å²) in [5.41, 5.74) is 1.65. The summed E-state index contributed by atoms with van der Waals surface area (Å²) in [5, 5.41) is 13.0. The third kappa shape index (κ3) is 3.10. The molecule has 2 N–H and O–H groups in total. The SMILES string of the molecule is COc1ccc(O)c(CNc2ccccc2OC)c1. The van der Waals surface area contributed by atoms with E-state index in [9.17, 15) is 5.11 Å². The van der Waals surface area contributed by atoms with Gasteiger partial charge < -0.3 is 19.9 Å². The van der Waals surface area contributed by atoms with Gasteiger partial charge in [0.2, 0.25) is 0 Å². The molecular weight excluding hydrogens is 242 g/mol. The van der Waals surface area contributed by atoms with E-state index in [-0.39, 0.29) is 5.75 Å². The van der Waals surface area contributed by atoms with Crippen LogP contribution in [0, 0.1) is 0 Å². The predicted molar refractivity (Wildman–Crippen MR) is 75.0 cm³/mol. The molecule has 0 aromatic heterocycles. The Kier molecular flexibility index (Phi) is 4.13. The lowest BCUT2D eigenvalue weighted by Gasteiger charge is -2.12. The number of ether oxygens (including phenoxy) is 2. The molecule has 0 aliphatic carbocycles. The number of benzene rings is 2. The van der Waals surface area contributed by atoms with Crippen LogP contribution in [0.3, 0.4) is 0 Å². The lowest BCUT2D eigenvalue weighted by atomic mass is 10.2. The van der Waals surface area contributed by atoms with Crippen molar-refractivity contribution in [2.45, 2.75) is 6.54 Å². The molecule has 0 fully saturated rings. The average Bonchev–Trinajstić information content (AvgIpc) is 2.46. The first-order valence-corrected chi connectivity index (χ1v) is 5.97. The smallest absolute Gasteiger partial charge is 0.141 e. The summed E-state index contributed by atoms with van der Waals surface area (Å²) in [6, 6.07) is 12.8. The van der Waals surface area contributed by atoms with Crippen molar-refractivity contribution in [3.8, 4) is 17.2 Å². The molecule has 2 aromatic carbocycles. The van der Waals surface area contributed by atoms with Gasteiger partial charge in [-0.15, -0.1) is 0 Å². The molecule has 4 nitrogen and oxygen atoms in total. The van der Waals surface area contributed by atoms with Crippen molar-refractivity contribution in [1.29, 1.82) is 0 Å². The van der Waals surface area contributed by atoms with Crippen molar-refractivity contribution in [3.05, 3.63) is 48.0 Å². The maximum atomic E-state index is 9.81. The van der Waals surface area contributed by atoms with E-state index < -0.39 is 0 Å². The topological polar surface area (TPSA) is 50.7 Å². The van der Waals surface area contributed by atoms with Crippen LogP contribution in [0.4, 0.5) is 5.69 Å². The van der Waals surface area contributed by atoms with Gasteiger partial charge in [-0.25, -0.2) is 0 Å². The Bertz CT molecular complexity index is 555. The maximum absolute atomic E-state index is 9.81. The zero-order valence-electron chi connectivity index (χ0n) is 11.0. The zero-order valence-corrected chi connectivity index (χ0v) is 11.0. The molecule has 100 valence electrons. The first-order chi connectivity index (χ1) is 9.24. The van der Waals surface area contributed by atoms with Crippen molar-refractivity contribution in [3.63, 3.8) is 0 Å². The van der Waals surface area contributed by atoms with Gasteiger partial charge in [0.1, 0.15) is 17.2 Å². The lowest BCUT2D eigenvalue weighted by molar-refractivity contribution is 0.410. The van der Waals surface area contributed by atoms with Gasteiger partial charge in [0.25, 0.3) is 0 Å². The molecule has 0 heterocycles. The Balaban J connectivity index is 2.14. The summed E-state index contributed by atoms with van der Waals surface area (Å²) >= 11 is 0. The largest absolute Gasteiger partial charge is 0.508 e. The van der Waals surface area contributed by atoms with Crippen LogP contribution in [0.2, 0.25) is 0 Å². The van der Waals surface area contributed by atoms with Gasteiger partial charge in [-0.1, -0.05) is 12.1 Å². The molecule has 0 bridgehead atoms. The zero-order chi connectivity index (χ0) is 13.7. The van der Waals surface area contributed by atoms with Crippen LogP contribution >= 0.6 is 0 Å². The van der Waals surface area contributed by atoms with Gasteiger partial charge in [-0.2, -0.15) is 0 Å². The molecule has 2 rings (SSSR count). The number of hydrogen-bond donors (Lipinski definition) is 2. The van der Waals surface area contributed by atoms with Crippen LogP contribution in [-0.2, 0) is 6.54 Å². The Labute approximate surface area is 112 Å². The van der Waals surface area contributed by atoms with Crippen molar-refractivity contribution in [2.75, 3.05) is 19.5 Å². The molecule has 0 aliphatic rings. The number of para-hydroxylation sites is 2. The van der Waals surface area contributed by atoms with E-state index in [1.54, 1.807) is 32.4 Å². The second kappa shape index (κ2) is 6.00. The summed E-state index contributed by atoms with van der Waals surface area (Å²) in [7, 11) is 3.23. The Hall–Kier alpha value is -2.36. The fraction of sp³-hybridized carbons (Fsp3) is 0.200. The number of methoxy groups -OCH3 is 2. The summed E-state index contributed by atoms with van der Waals surface area (Å²) in [6.45, 7) is 0.489. The number of aromatic hydroxyl groups is 1. The molecule has 2 aromatic rings. The van der Waals surface area contributed by atoms with Crippen molar-refractivity contribution in [1.82, 2.24) is 0 Å². The van der Waals surface area contributed by atoms with E-state index in [0.29, 0.717) is 6.54 Å². The minimum absolute atomic E-state index is 0.239. The van der Waals surface area contributed by atoms with Crippen LogP contribution < -0.4 is 14.8 Å². The summed E-state index contributed by atoms with van der Waals surface area (Å²) in [6.07, 6.45) is 0. The molecule has 0 amide bonds. The number of phenols is 1. The standard InChI is InChI=1S/C15H17NO3/c1-18-12-7-8-14(17)11(9-12)10-16-13-5-3-4-6-15(13)19-2/h3-9,16-17H,10H2,1-2H3. The summed E-state index contributed by atoms with van der Waals surface area (Å²) in [5.74, 6) is 1.72. The first kappa shape index (κ1) is 13.1. The highest BCUT2D eigenvalue weighted by atomic mass is 16.5. The average molecular weight is 259 g/mol. The third-order valence-corrected chi connectivity index (χ3v) is 2.86. The minimum Gasteiger partial charge on any atom is -0.508 e. The molecule has 0 atom stereocenters. The molecule has 19 heavy (non-hydrogen) atoms. The van der Waals surface area contributed by atoms with Gasteiger partial charge >= 0.3 is 0 Å². The molecule has 0 unspecified atom stereocenters. The van der Waals surface area contributed by atoms with E-state index in [1.807, 2.05) is 24.3 Å². The van der Waals surface area contributed by atoms with E-state index in [0.717, 1.165) is 22.7 Å². The highest BCUT2D eigenvalue weighted by Gasteiger charge is 2.05. The van der Waals surface area contributed by atoms with Gasteiger partial charge in [-0.3, -0.25) is 0 Å². The lowest BCUT2D eigenvalue weighted by Crippen LogP contribution is -2.01. The molecular formula is C15H17NO3. The summed E-state index contributed by atoms with van der Waals surface area (Å²) < 4.78 is 10.4. The predicted octanol–water partition coefficient (Wildman–Crippen LogP) is 3.02. The number of nitrogens with one attached hydrogen (secondary N) is 1. The first-order valence-electron chi connectivity index (χ1n) is 5.97. The maximum Gasteiger partial charge on any atom is 0.141 e. The van der Waals surface area contributed by atoms with Crippen LogP contribution in [0.5, 0.6) is 17.2 Å². The number of rotatable bonds is 5. The van der Waals surface area contributed by atoms with Crippen molar-refractivity contribution in [2.24, 2.45) is 0 Å². The normalized spacial score (nSPS) is 10.0. The second-order valence-corrected chi connectivity index (χ2v) is 4.05. The monoisotopic (exact) mass is 259 g/mol. The van der Waals surface area contributed by atoms with Crippen molar-refractivity contribution >= 4 is 5.69 Å². The highest BCUT2D eigenvalue weighted by molar-refractivity contribution is 5.56. The van der Waals surface area contributed by atoms with E-state index in [4.69, 9.17) is 9.47 Å². The number of hydrogen-bond acceptors (Lipinski definition) is 4. The molecule has 0 saturated carbocycles. The highest BCUT2D eigenvalue weighted by Crippen LogP contribution is 2.27. The summed E-state index contributed by atoms with van der Waals surface area (Å²) in [4.78, 5) is 0. The molecule has 0 saturated heterocycles. The molecule has 4 heteroatoms. The van der Waals surface area contributed by atoms with Crippen LogP contribution in [-0.4, -0.2) is 19.3 Å². The van der Waals surface area contributed by atoms with Gasteiger partial charge in [-0.05, 0) is 30.3 Å². The molecule has 0 radical (unpaired) electrons. The fourth-order valence-electron chi connectivity index (χ4n) is 1.81. The van der Waals surface area contributed by atoms with E-state index >= 15 is 0 Å².